The van der Waals surface area contributed by atoms with Gasteiger partial charge in [0.2, 0.25) is 0 Å². The van der Waals surface area contributed by atoms with Crippen molar-refractivity contribution in [3.05, 3.63) is 61.0 Å². The minimum atomic E-state index is -3.72. The van der Waals surface area contributed by atoms with Crippen LogP contribution in [0.25, 0.3) is 21.9 Å². The summed E-state index contributed by atoms with van der Waals surface area (Å²) in [4.78, 5) is 2.52. The number of rotatable bonds is 3. The second kappa shape index (κ2) is 6.68. The molecule has 0 aliphatic carbocycles. The molecule has 7 heteroatoms. The van der Waals surface area contributed by atoms with E-state index in [1.807, 2.05) is 24.3 Å². The lowest BCUT2D eigenvalue weighted by atomic mass is 10.2. The standard InChI is InChI=1S/C21H21N3O3S/c25-28(26,19-5-3-17-7-13-27-21(17)15-19)24-11-6-16-2-4-18(14-20(16)24)23-10-1-8-22-9-12-23/h2-7,11,13-15,22H,1,8-10,12H2. The quantitative estimate of drug-likeness (QED) is 0.576. The van der Waals surface area contributed by atoms with Gasteiger partial charge in [-0.2, -0.15) is 0 Å². The monoisotopic (exact) mass is 395 g/mol. The lowest BCUT2D eigenvalue weighted by Gasteiger charge is -2.22. The molecular weight excluding hydrogens is 374 g/mol. The highest BCUT2D eigenvalue weighted by Crippen LogP contribution is 2.28. The first-order chi connectivity index (χ1) is 13.6. The smallest absolute Gasteiger partial charge is 0.268 e. The molecule has 0 amide bonds. The number of hydrogen-bond acceptors (Lipinski definition) is 5. The maximum Gasteiger partial charge on any atom is 0.268 e. The number of nitrogens with one attached hydrogen (secondary N) is 1. The Hall–Kier alpha value is -2.77. The normalized spacial score (nSPS) is 15.9. The van der Waals surface area contributed by atoms with Gasteiger partial charge in [-0.15, -0.1) is 0 Å². The highest BCUT2D eigenvalue weighted by molar-refractivity contribution is 7.90. The predicted octanol–water partition coefficient (Wildman–Crippen LogP) is 3.42. The minimum Gasteiger partial charge on any atom is -0.464 e. The fraction of sp³-hybridized carbons (Fsp3) is 0.238. The van der Waals surface area contributed by atoms with E-state index in [0.29, 0.717) is 11.1 Å². The second-order valence-corrected chi connectivity index (χ2v) is 8.89. The molecule has 0 radical (unpaired) electrons. The first kappa shape index (κ1) is 17.3. The highest BCUT2D eigenvalue weighted by atomic mass is 32.2. The van der Waals surface area contributed by atoms with E-state index < -0.39 is 10.0 Å². The number of aromatic nitrogens is 1. The molecule has 3 heterocycles. The van der Waals surface area contributed by atoms with E-state index >= 15 is 0 Å². The SMILES string of the molecule is O=S(=O)(c1ccc2ccoc2c1)n1ccc2ccc(N3CCCNCC3)cc21. The summed E-state index contributed by atoms with van der Waals surface area (Å²) in [6.45, 7) is 3.81. The highest BCUT2D eigenvalue weighted by Gasteiger charge is 2.21. The van der Waals surface area contributed by atoms with Gasteiger partial charge in [0.25, 0.3) is 10.0 Å². The number of nitrogens with zero attached hydrogens (tertiary/aromatic N) is 2. The molecule has 28 heavy (non-hydrogen) atoms. The molecule has 144 valence electrons. The maximum absolute atomic E-state index is 13.3. The molecule has 1 fully saturated rings. The van der Waals surface area contributed by atoms with Crippen LogP contribution in [0.4, 0.5) is 5.69 Å². The lowest BCUT2D eigenvalue weighted by molar-refractivity contribution is 0.587. The van der Waals surface area contributed by atoms with Crippen LogP contribution in [0.1, 0.15) is 6.42 Å². The van der Waals surface area contributed by atoms with Crippen LogP contribution >= 0.6 is 0 Å². The van der Waals surface area contributed by atoms with Gasteiger partial charge in [0.05, 0.1) is 16.7 Å². The van der Waals surface area contributed by atoms with Crippen molar-refractivity contribution in [3.8, 4) is 0 Å². The van der Waals surface area contributed by atoms with Gasteiger partial charge < -0.3 is 14.6 Å². The average molecular weight is 395 g/mol. The summed E-state index contributed by atoms with van der Waals surface area (Å²) < 4.78 is 33.4. The molecule has 0 spiro atoms. The van der Waals surface area contributed by atoms with Crippen molar-refractivity contribution < 1.29 is 12.8 Å². The Bertz CT molecular complexity index is 1250. The van der Waals surface area contributed by atoms with E-state index in [9.17, 15) is 8.42 Å². The molecule has 4 aromatic rings. The van der Waals surface area contributed by atoms with Crippen molar-refractivity contribution in [1.82, 2.24) is 9.29 Å². The van der Waals surface area contributed by atoms with Crippen LogP contribution in [-0.2, 0) is 10.0 Å². The Labute approximate surface area is 163 Å². The zero-order valence-corrected chi connectivity index (χ0v) is 16.2. The Morgan fingerprint density at radius 1 is 0.929 bits per heavy atom. The van der Waals surface area contributed by atoms with Crippen molar-refractivity contribution in [2.45, 2.75) is 11.3 Å². The largest absolute Gasteiger partial charge is 0.464 e. The van der Waals surface area contributed by atoms with Gasteiger partial charge in [-0.05, 0) is 49.4 Å². The first-order valence-corrected chi connectivity index (χ1v) is 10.9. The fourth-order valence-corrected chi connectivity index (χ4v) is 5.17. The van der Waals surface area contributed by atoms with Crippen LogP contribution in [-0.4, -0.2) is 38.6 Å². The number of benzene rings is 2. The first-order valence-electron chi connectivity index (χ1n) is 9.42. The Kier molecular flexibility index (Phi) is 4.14. The Morgan fingerprint density at radius 3 is 2.75 bits per heavy atom. The predicted molar refractivity (Wildman–Crippen MR) is 110 cm³/mol. The molecule has 0 atom stereocenters. The van der Waals surface area contributed by atoms with E-state index in [4.69, 9.17) is 4.42 Å². The third kappa shape index (κ3) is 2.87. The molecule has 1 aliphatic heterocycles. The minimum absolute atomic E-state index is 0.219. The van der Waals surface area contributed by atoms with E-state index in [1.165, 1.54) is 3.97 Å². The number of anilines is 1. The third-order valence-corrected chi connectivity index (χ3v) is 7.02. The van der Waals surface area contributed by atoms with Crippen LogP contribution < -0.4 is 10.2 Å². The lowest BCUT2D eigenvalue weighted by Crippen LogP contribution is -2.27. The van der Waals surface area contributed by atoms with Gasteiger partial charge >= 0.3 is 0 Å². The molecule has 2 aromatic heterocycles. The van der Waals surface area contributed by atoms with E-state index in [2.05, 4.69) is 16.3 Å². The number of furan rings is 1. The molecule has 0 saturated carbocycles. The van der Waals surface area contributed by atoms with Crippen molar-refractivity contribution in [2.75, 3.05) is 31.1 Å². The van der Waals surface area contributed by atoms with Crippen LogP contribution in [0.3, 0.4) is 0 Å². The van der Waals surface area contributed by atoms with Gasteiger partial charge in [0, 0.05) is 48.4 Å². The molecule has 6 nitrogen and oxygen atoms in total. The average Bonchev–Trinajstić information content (AvgIpc) is 3.26. The fourth-order valence-electron chi connectivity index (χ4n) is 3.81. The van der Waals surface area contributed by atoms with E-state index in [1.54, 1.807) is 30.7 Å². The summed E-state index contributed by atoms with van der Waals surface area (Å²) >= 11 is 0. The van der Waals surface area contributed by atoms with Crippen LogP contribution in [0, 0.1) is 0 Å². The van der Waals surface area contributed by atoms with Gasteiger partial charge in [0.1, 0.15) is 5.58 Å². The third-order valence-electron chi connectivity index (χ3n) is 5.33. The number of hydrogen-bond donors (Lipinski definition) is 1. The van der Waals surface area contributed by atoms with Crippen LogP contribution in [0.2, 0.25) is 0 Å². The van der Waals surface area contributed by atoms with Gasteiger partial charge in [0.15, 0.2) is 0 Å². The van der Waals surface area contributed by atoms with Gasteiger partial charge in [-0.25, -0.2) is 12.4 Å². The van der Waals surface area contributed by atoms with Crippen molar-refractivity contribution >= 4 is 37.6 Å². The molecule has 0 bridgehead atoms. The Balaban J connectivity index is 1.60. The molecule has 0 unspecified atom stereocenters. The zero-order valence-electron chi connectivity index (χ0n) is 15.3. The zero-order chi connectivity index (χ0) is 19.1. The summed E-state index contributed by atoms with van der Waals surface area (Å²) in [5, 5.41) is 5.18. The van der Waals surface area contributed by atoms with Crippen LogP contribution in [0.15, 0.2) is 70.3 Å². The molecular formula is C21H21N3O3S. The van der Waals surface area contributed by atoms with E-state index in [0.717, 1.165) is 49.1 Å². The second-order valence-electron chi connectivity index (χ2n) is 7.07. The number of fused-ring (bicyclic) bond motifs is 2. The van der Waals surface area contributed by atoms with E-state index in [-0.39, 0.29) is 4.90 Å². The molecule has 5 rings (SSSR count). The summed E-state index contributed by atoms with van der Waals surface area (Å²) in [5.74, 6) is 0. The maximum atomic E-state index is 13.3. The molecule has 1 saturated heterocycles. The van der Waals surface area contributed by atoms with Gasteiger partial charge in [-0.3, -0.25) is 0 Å². The topological polar surface area (TPSA) is 67.5 Å². The summed E-state index contributed by atoms with van der Waals surface area (Å²) in [6.07, 6.45) is 4.26. The molecule has 1 aliphatic rings. The van der Waals surface area contributed by atoms with Crippen molar-refractivity contribution in [1.29, 1.82) is 0 Å². The van der Waals surface area contributed by atoms with Crippen LogP contribution in [0.5, 0.6) is 0 Å². The summed E-state index contributed by atoms with van der Waals surface area (Å²) in [7, 11) is -3.72. The summed E-state index contributed by atoms with van der Waals surface area (Å²) in [5.41, 5.74) is 2.30. The molecule has 2 aromatic carbocycles. The molecule has 1 N–H and O–H groups in total. The van der Waals surface area contributed by atoms with Gasteiger partial charge in [-0.1, -0.05) is 6.07 Å². The van der Waals surface area contributed by atoms with Crippen molar-refractivity contribution in [2.24, 2.45) is 0 Å². The summed E-state index contributed by atoms with van der Waals surface area (Å²) in [6, 6.07) is 14.7. The Morgan fingerprint density at radius 2 is 1.82 bits per heavy atom. The van der Waals surface area contributed by atoms with Crippen molar-refractivity contribution in [3.63, 3.8) is 0 Å².